The van der Waals surface area contributed by atoms with E-state index < -0.39 is 5.97 Å². The molecule has 0 unspecified atom stereocenters. The average molecular weight is 312 g/mol. The van der Waals surface area contributed by atoms with Crippen LogP contribution in [0, 0.1) is 0 Å². The first kappa shape index (κ1) is 11.0. The molecule has 2 aromatic rings. The molecule has 1 saturated carbocycles. The Hall–Kier alpha value is -1.07. The second-order valence-electron chi connectivity index (χ2n) is 4.19. The lowest BCUT2D eigenvalue weighted by Gasteiger charge is -1.95. The number of rotatable bonds is 3. The van der Waals surface area contributed by atoms with E-state index in [0.717, 1.165) is 32.9 Å². The zero-order valence-corrected chi connectivity index (χ0v) is 11.3. The van der Waals surface area contributed by atoms with Crippen LogP contribution < -0.4 is 0 Å². The molecular weight excluding hydrogens is 302 g/mol. The fourth-order valence-corrected chi connectivity index (χ4v) is 3.29. The number of halogens is 1. The summed E-state index contributed by atoms with van der Waals surface area (Å²) in [5, 5.41) is 9.18. The quantitative estimate of drug-likeness (QED) is 0.897. The van der Waals surface area contributed by atoms with E-state index in [-0.39, 0.29) is 0 Å². The lowest BCUT2D eigenvalue weighted by atomic mass is 10.2. The maximum atomic E-state index is 11.2. The summed E-state index contributed by atoms with van der Waals surface area (Å²) in [6, 6.07) is 5.70. The maximum Gasteiger partial charge on any atom is 0.337 e. The molecular formula is C12H10BrNO2S. The van der Waals surface area contributed by atoms with Crippen molar-refractivity contribution in [2.45, 2.75) is 18.8 Å². The highest BCUT2D eigenvalue weighted by Crippen LogP contribution is 2.43. The minimum absolute atomic E-state index is 0.415. The molecule has 0 atom stereocenters. The van der Waals surface area contributed by atoms with Gasteiger partial charge in [0.1, 0.15) is 0 Å². The summed E-state index contributed by atoms with van der Waals surface area (Å²) in [4.78, 5) is 15.5. The van der Waals surface area contributed by atoms with Gasteiger partial charge in [-0.1, -0.05) is 0 Å². The molecule has 2 heterocycles. The normalized spacial score (nSPS) is 15.1. The molecule has 0 bridgehead atoms. The van der Waals surface area contributed by atoms with E-state index in [1.54, 1.807) is 17.4 Å². The summed E-state index contributed by atoms with van der Waals surface area (Å²) in [6.07, 6.45) is 2.18. The van der Waals surface area contributed by atoms with Crippen LogP contribution in [0.15, 0.2) is 22.0 Å². The first-order valence-corrected chi connectivity index (χ1v) is 6.98. The number of aromatic amines is 1. The number of H-pyrrole nitrogens is 1. The topological polar surface area (TPSA) is 53.1 Å². The molecule has 0 radical (unpaired) electrons. The predicted octanol–water partition coefficient (Wildman–Crippen LogP) is 4.08. The molecule has 1 aliphatic rings. The van der Waals surface area contributed by atoms with Crippen molar-refractivity contribution in [1.29, 1.82) is 0 Å². The highest BCUT2D eigenvalue weighted by molar-refractivity contribution is 9.11. The smallest absolute Gasteiger partial charge is 0.337 e. The van der Waals surface area contributed by atoms with E-state index in [1.165, 1.54) is 0 Å². The summed E-state index contributed by atoms with van der Waals surface area (Å²) in [5.74, 6) is -0.428. The zero-order chi connectivity index (χ0) is 12.0. The largest absolute Gasteiger partial charge is 0.478 e. The highest BCUT2D eigenvalue weighted by atomic mass is 79.9. The molecule has 0 aliphatic heterocycles. The van der Waals surface area contributed by atoms with Crippen LogP contribution in [-0.4, -0.2) is 16.1 Å². The number of carbonyl (C=O) groups is 1. The SMILES string of the molecule is O=C(O)c1cc(-c2ccc(Br)s2)[nH]c1C1CC1. The summed E-state index contributed by atoms with van der Waals surface area (Å²) >= 11 is 5.01. The van der Waals surface area contributed by atoms with E-state index in [2.05, 4.69) is 20.9 Å². The van der Waals surface area contributed by atoms with Crippen LogP contribution in [-0.2, 0) is 0 Å². The second kappa shape index (κ2) is 3.99. The van der Waals surface area contributed by atoms with E-state index in [9.17, 15) is 9.90 Å². The van der Waals surface area contributed by atoms with Gasteiger partial charge >= 0.3 is 5.97 Å². The summed E-state index contributed by atoms with van der Waals surface area (Å²) < 4.78 is 1.05. The van der Waals surface area contributed by atoms with Gasteiger partial charge in [-0.05, 0) is 52.9 Å². The van der Waals surface area contributed by atoms with Crippen molar-refractivity contribution in [3.8, 4) is 10.6 Å². The molecule has 88 valence electrons. The van der Waals surface area contributed by atoms with Crippen LogP contribution in [0.3, 0.4) is 0 Å². The highest BCUT2D eigenvalue weighted by Gasteiger charge is 2.30. The summed E-state index contributed by atoms with van der Waals surface area (Å²) in [7, 11) is 0. The molecule has 2 N–H and O–H groups in total. The zero-order valence-electron chi connectivity index (χ0n) is 8.87. The maximum absolute atomic E-state index is 11.2. The van der Waals surface area contributed by atoms with E-state index >= 15 is 0 Å². The van der Waals surface area contributed by atoms with Crippen molar-refractivity contribution >= 4 is 33.2 Å². The second-order valence-corrected chi connectivity index (χ2v) is 6.66. The monoisotopic (exact) mass is 311 g/mol. The fourth-order valence-electron chi connectivity index (χ4n) is 1.93. The summed E-state index contributed by atoms with van der Waals surface area (Å²) in [5.41, 5.74) is 2.21. The molecule has 1 fully saturated rings. The van der Waals surface area contributed by atoms with E-state index in [0.29, 0.717) is 11.5 Å². The summed E-state index contributed by atoms with van der Waals surface area (Å²) in [6.45, 7) is 0. The van der Waals surface area contributed by atoms with Crippen LogP contribution in [0.4, 0.5) is 0 Å². The van der Waals surface area contributed by atoms with Gasteiger partial charge in [-0.2, -0.15) is 0 Å². The van der Waals surface area contributed by atoms with Gasteiger partial charge in [-0.25, -0.2) is 4.79 Å². The van der Waals surface area contributed by atoms with Crippen molar-refractivity contribution < 1.29 is 9.90 Å². The van der Waals surface area contributed by atoms with Crippen LogP contribution >= 0.6 is 27.3 Å². The van der Waals surface area contributed by atoms with Gasteiger partial charge < -0.3 is 10.1 Å². The molecule has 1 aliphatic carbocycles. The van der Waals surface area contributed by atoms with E-state index in [4.69, 9.17) is 0 Å². The van der Waals surface area contributed by atoms with Crippen LogP contribution in [0.2, 0.25) is 0 Å². The number of hydrogen-bond acceptors (Lipinski definition) is 2. The van der Waals surface area contributed by atoms with E-state index in [1.807, 2.05) is 12.1 Å². The molecule has 5 heteroatoms. The average Bonchev–Trinajstić information content (AvgIpc) is 2.87. The van der Waals surface area contributed by atoms with Crippen LogP contribution in [0.1, 0.15) is 34.8 Å². The molecule has 17 heavy (non-hydrogen) atoms. The molecule has 0 spiro atoms. The standard InChI is InChI=1S/C12H10BrNO2S/c13-10-4-3-9(17-10)8-5-7(12(15)16)11(14-8)6-1-2-6/h3-6,14H,1-2H2,(H,15,16). The molecule has 3 rings (SSSR count). The first-order chi connectivity index (χ1) is 8.15. The third-order valence-electron chi connectivity index (χ3n) is 2.90. The Kier molecular flexibility index (Phi) is 2.60. The number of carboxylic acid groups (broad SMARTS) is 1. The van der Waals surface area contributed by atoms with Crippen LogP contribution in [0.25, 0.3) is 10.6 Å². The Balaban J connectivity index is 2.06. The number of hydrogen-bond donors (Lipinski definition) is 2. The first-order valence-electron chi connectivity index (χ1n) is 5.37. The lowest BCUT2D eigenvalue weighted by Crippen LogP contribution is -1.98. The minimum atomic E-state index is -0.843. The van der Waals surface area contributed by atoms with Gasteiger partial charge in [0.15, 0.2) is 0 Å². The van der Waals surface area contributed by atoms with Gasteiger partial charge in [0.2, 0.25) is 0 Å². The number of aromatic carboxylic acids is 1. The Labute approximate surface area is 111 Å². The number of thiophene rings is 1. The molecule has 0 amide bonds. The Morgan fingerprint density at radius 3 is 2.76 bits per heavy atom. The molecule has 0 aromatic carbocycles. The van der Waals surface area contributed by atoms with Gasteiger partial charge in [0, 0.05) is 5.69 Å². The van der Waals surface area contributed by atoms with Crippen LogP contribution in [0.5, 0.6) is 0 Å². The number of nitrogens with one attached hydrogen (secondary N) is 1. The molecule has 3 nitrogen and oxygen atoms in total. The van der Waals surface area contributed by atoms with Crippen molar-refractivity contribution in [1.82, 2.24) is 4.98 Å². The minimum Gasteiger partial charge on any atom is -0.478 e. The van der Waals surface area contributed by atoms with Crippen molar-refractivity contribution in [3.05, 3.63) is 33.2 Å². The van der Waals surface area contributed by atoms with Gasteiger partial charge in [-0.3, -0.25) is 0 Å². The fraction of sp³-hybridized carbons (Fsp3) is 0.250. The Bertz CT molecular complexity index is 583. The molecule has 0 saturated heterocycles. The van der Waals surface area contributed by atoms with Gasteiger partial charge in [0.25, 0.3) is 0 Å². The van der Waals surface area contributed by atoms with Crippen molar-refractivity contribution in [2.75, 3.05) is 0 Å². The lowest BCUT2D eigenvalue weighted by molar-refractivity contribution is 0.0696. The third-order valence-corrected chi connectivity index (χ3v) is 4.56. The van der Waals surface area contributed by atoms with Gasteiger partial charge in [0.05, 0.1) is 19.9 Å². The number of carboxylic acids is 1. The van der Waals surface area contributed by atoms with Crippen molar-refractivity contribution in [3.63, 3.8) is 0 Å². The number of aromatic nitrogens is 1. The third kappa shape index (κ3) is 2.05. The Morgan fingerprint density at radius 1 is 1.47 bits per heavy atom. The Morgan fingerprint density at radius 2 is 2.24 bits per heavy atom. The van der Waals surface area contributed by atoms with Gasteiger partial charge in [-0.15, -0.1) is 11.3 Å². The predicted molar refractivity (Wildman–Crippen MR) is 70.7 cm³/mol. The molecule has 2 aromatic heterocycles. The van der Waals surface area contributed by atoms with Crippen molar-refractivity contribution in [2.24, 2.45) is 0 Å².